The van der Waals surface area contributed by atoms with E-state index in [9.17, 15) is 8.60 Å². The summed E-state index contributed by atoms with van der Waals surface area (Å²) in [5.74, 6) is 0.523. The quantitative estimate of drug-likeness (QED) is 0.770. The topological polar surface area (TPSA) is 50.1 Å². The summed E-state index contributed by atoms with van der Waals surface area (Å²) >= 11 is 0. The number of ether oxygens (including phenoxy) is 1. The summed E-state index contributed by atoms with van der Waals surface area (Å²) in [5.41, 5.74) is 0.476. The molecule has 0 bridgehead atoms. The van der Waals surface area contributed by atoms with E-state index in [0.717, 1.165) is 0 Å². The third kappa shape index (κ3) is 4.40. The average Bonchev–Trinajstić information content (AvgIpc) is 2.51. The van der Waals surface area contributed by atoms with Gasteiger partial charge in [-0.25, -0.2) is 4.39 Å². The van der Waals surface area contributed by atoms with Crippen LogP contribution in [0.25, 0.3) is 0 Å². The molecule has 0 amide bonds. The lowest BCUT2D eigenvalue weighted by Gasteiger charge is -2.07. The van der Waals surface area contributed by atoms with Crippen LogP contribution in [0, 0.1) is 17.1 Å². The highest BCUT2D eigenvalue weighted by molar-refractivity contribution is 7.85. The second-order valence-corrected chi connectivity index (χ2v) is 5.89. The number of hydrogen-bond acceptors (Lipinski definition) is 3. The number of hydrogen-bond donors (Lipinski definition) is 0. The van der Waals surface area contributed by atoms with Crippen LogP contribution in [0.2, 0.25) is 0 Å². The monoisotopic (exact) mass is 303 g/mol. The van der Waals surface area contributed by atoms with Crippen molar-refractivity contribution in [3.05, 3.63) is 59.9 Å². The molecular formula is C16H14FNO2S. The fourth-order valence-electron chi connectivity index (χ4n) is 1.78. The van der Waals surface area contributed by atoms with Crippen molar-refractivity contribution in [1.82, 2.24) is 0 Å². The van der Waals surface area contributed by atoms with Gasteiger partial charge in [-0.3, -0.25) is 4.21 Å². The molecule has 0 spiro atoms. The first kappa shape index (κ1) is 15.2. The highest BCUT2D eigenvalue weighted by Crippen LogP contribution is 2.17. The largest absolute Gasteiger partial charge is 0.492 e. The minimum Gasteiger partial charge on any atom is -0.492 e. The van der Waals surface area contributed by atoms with Crippen molar-refractivity contribution in [2.24, 2.45) is 0 Å². The van der Waals surface area contributed by atoms with Crippen LogP contribution >= 0.6 is 0 Å². The Hall–Kier alpha value is -2.19. The Morgan fingerprint density at radius 3 is 2.76 bits per heavy atom. The zero-order valence-corrected chi connectivity index (χ0v) is 12.1. The second kappa shape index (κ2) is 7.55. The molecule has 5 heteroatoms. The maximum Gasteiger partial charge on any atom is 0.137 e. The summed E-state index contributed by atoms with van der Waals surface area (Å²) in [6.45, 7) is 0.361. The lowest BCUT2D eigenvalue weighted by Crippen LogP contribution is -2.05. The smallest absolute Gasteiger partial charge is 0.137 e. The fraction of sp³-hybridized carbons (Fsp3) is 0.188. The maximum atomic E-state index is 13.0. The number of halogens is 1. The second-order valence-electron chi connectivity index (χ2n) is 4.32. The Morgan fingerprint density at radius 1 is 1.19 bits per heavy atom. The summed E-state index contributed by atoms with van der Waals surface area (Å²) in [4.78, 5) is 0.479. The maximum absolute atomic E-state index is 13.0. The van der Waals surface area contributed by atoms with Gasteiger partial charge in [-0.15, -0.1) is 0 Å². The van der Waals surface area contributed by atoms with E-state index in [4.69, 9.17) is 10.00 Å². The lowest BCUT2D eigenvalue weighted by atomic mass is 10.2. The molecule has 0 heterocycles. The van der Waals surface area contributed by atoms with Gasteiger partial charge < -0.3 is 4.74 Å². The van der Waals surface area contributed by atoms with E-state index in [0.29, 0.717) is 35.0 Å². The van der Waals surface area contributed by atoms with Crippen molar-refractivity contribution in [3.8, 4) is 11.8 Å². The first-order chi connectivity index (χ1) is 10.2. The Balaban J connectivity index is 1.82. The molecule has 21 heavy (non-hydrogen) atoms. The van der Waals surface area contributed by atoms with Gasteiger partial charge in [-0.2, -0.15) is 5.26 Å². The van der Waals surface area contributed by atoms with Crippen molar-refractivity contribution in [2.45, 2.75) is 11.3 Å². The van der Waals surface area contributed by atoms with Crippen LogP contribution < -0.4 is 4.74 Å². The Labute approximate surface area is 125 Å². The van der Waals surface area contributed by atoms with Gasteiger partial charge in [0, 0.05) is 10.6 Å². The van der Waals surface area contributed by atoms with E-state index in [1.807, 2.05) is 0 Å². The molecule has 0 radical (unpaired) electrons. The third-order valence-corrected chi connectivity index (χ3v) is 4.24. The molecule has 0 aliphatic rings. The summed E-state index contributed by atoms with van der Waals surface area (Å²) < 4.78 is 30.5. The number of para-hydroxylation sites is 1. The van der Waals surface area contributed by atoms with Gasteiger partial charge in [-0.1, -0.05) is 18.2 Å². The lowest BCUT2D eigenvalue weighted by molar-refractivity contribution is 0.317. The molecule has 2 aromatic carbocycles. The van der Waals surface area contributed by atoms with Gasteiger partial charge in [0.15, 0.2) is 0 Å². The molecule has 0 fully saturated rings. The summed E-state index contributed by atoms with van der Waals surface area (Å²) in [5, 5.41) is 8.92. The molecule has 0 aliphatic heterocycles. The van der Waals surface area contributed by atoms with Crippen LogP contribution in [0.1, 0.15) is 12.0 Å². The minimum absolute atomic E-state index is 0.361. The number of rotatable bonds is 6. The predicted octanol–water partition coefficient (Wildman–Crippen LogP) is 3.27. The molecule has 108 valence electrons. The van der Waals surface area contributed by atoms with E-state index >= 15 is 0 Å². The van der Waals surface area contributed by atoms with Crippen molar-refractivity contribution in [1.29, 1.82) is 5.26 Å². The van der Waals surface area contributed by atoms with Crippen molar-refractivity contribution >= 4 is 10.8 Å². The molecule has 0 aliphatic carbocycles. The third-order valence-electron chi connectivity index (χ3n) is 2.80. The Morgan fingerprint density at radius 2 is 2.00 bits per heavy atom. The standard InChI is InChI=1S/C16H14FNO2S/c17-14-6-3-7-15(11-14)21(19)10-4-9-20-16-8-2-1-5-13(16)12-18/h1-3,5-8,11H,4,9-10H2. The highest BCUT2D eigenvalue weighted by Gasteiger charge is 2.06. The Bertz CT molecular complexity index is 682. The van der Waals surface area contributed by atoms with E-state index in [-0.39, 0.29) is 5.82 Å². The zero-order valence-electron chi connectivity index (χ0n) is 11.3. The molecular weight excluding hydrogens is 289 g/mol. The molecule has 3 nitrogen and oxygen atoms in total. The number of nitrogens with zero attached hydrogens (tertiary/aromatic N) is 1. The molecule has 0 saturated heterocycles. The van der Waals surface area contributed by atoms with Gasteiger partial charge in [0.05, 0.1) is 23.0 Å². The van der Waals surface area contributed by atoms with Gasteiger partial charge in [0.1, 0.15) is 17.6 Å². The summed E-state index contributed by atoms with van der Waals surface area (Å²) in [7, 11) is -1.24. The van der Waals surface area contributed by atoms with Crippen LogP contribution in [0.5, 0.6) is 5.75 Å². The predicted molar refractivity (Wildman–Crippen MR) is 78.9 cm³/mol. The van der Waals surface area contributed by atoms with Crippen molar-refractivity contribution in [2.75, 3.05) is 12.4 Å². The summed E-state index contributed by atoms with van der Waals surface area (Å²) in [6, 6.07) is 14.8. The van der Waals surface area contributed by atoms with Gasteiger partial charge in [-0.05, 0) is 36.8 Å². The van der Waals surface area contributed by atoms with Gasteiger partial charge in [0.2, 0.25) is 0 Å². The summed E-state index contributed by atoms with van der Waals surface area (Å²) in [6.07, 6.45) is 0.558. The van der Waals surface area contributed by atoms with Crippen LogP contribution in [0.4, 0.5) is 4.39 Å². The van der Waals surface area contributed by atoms with E-state index in [2.05, 4.69) is 6.07 Å². The highest BCUT2D eigenvalue weighted by atomic mass is 32.2. The number of nitriles is 1. The molecule has 2 aromatic rings. The van der Waals surface area contributed by atoms with Gasteiger partial charge in [0.25, 0.3) is 0 Å². The first-order valence-corrected chi connectivity index (χ1v) is 7.78. The average molecular weight is 303 g/mol. The van der Waals surface area contributed by atoms with Crippen molar-refractivity contribution < 1.29 is 13.3 Å². The molecule has 0 aromatic heterocycles. The molecule has 1 atom stereocenters. The minimum atomic E-state index is -1.24. The molecule has 1 unspecified atom stereocenters. The van der Waals surface area contributed by atoms with Crippen LogP contribution in [-0.4, -0.2) is 16.6 Å². The van der Waals surface area contributed by atoms with Crippen LogP contribution in [-0.2, 0) is 10.8 Å². The zero-order chi connectivity index (χ0) is 15.1. The SMILES string of the molecule is N#Cc1ccccc1OCCCS(=O)c1cccc(F)c1. The fourth-order valence-corrected chi connectivity index (χ4v) is 2.87. The molecule has 2 rings (SSSR count). The Kier molecular flexibility index (Phi) is 5.47. The first-order valence-electron chi connectivity index (χ1n) is 6.46. The number of benzene rings is 2. The van der Waals surface area contributed by atoms with Crippen molar-refractivity contribution in [3.63, 3.8) is 0 Å². The molecule has 0 saturated carbocycles. The molecule has 0 N–H and O–H groups in total. The van der Waals surface area contributed by atoms with E-state index in [1.165, 1.54) is 12.1 Å². The van der Waals surface area contributed by atoms with Crippen LogP contribution in [0.15, 0.2) is 53.4 Å². The normalized spacial score (nSPS) is 11.6. The van der Waals surface area contributed by atoms with Crippen LogP contribution in [0.3, 0.4) is 0 Å². The van der Waals surface area contributed by atoms with Gasteiger partial charge >= 0.3 is 0 Å². The van der Waals surface area contributed by atoms with E-state index < -0.39 is 10.8 Å². The van der Waals surface area contributed by atoms with E-state index in [1.54, 1.807) is 36.4 Å².